The van der Waals surface area contributed by atoms with Crippen LogP contribution >= 0.6 is 11.6 Å². The van der Waals surface area contributed by atoms with Crippen molar-refractivity contribution >= 4 is 40.1 Å². The lowest BCUT2D eigenvalue weighted by atomic mass is 10.1. The lowest BCUT2D eigenvalue weighted by Crippen LogP contribution is -2.60. The van der Waals surface area contributed by atoms with Crippen molar-refractivity contribution in [3.63, 3.8) is 0 Å². The molecule has 0 radical (unpaired) electrons. The number of rotatable bonds is 7. The summed E-state index contributed by atoms with van der Waals surface area (Å²) in [7, 11) is 1.50. The van der Waals surface area contributed by atoms with Crippen LogP contribution < -0.4 is 10.5 Å². The Kier molecular flexibility index (Phi) is 6.90. The standard InChI is InChI=1S/C23H24ClN5O4/c1-32-12-20-23(31)28(11-15-5-6-18-19(9-15)26-14-27-22(18)25)7-8-29(20)21(30)13-33-17-4-2-3-16(24)10-17/h2-6,9-10,14,20H,7-8,11-13H2,1H3,(H2,25,26,27). The van der Waals surface area contributed by atoms with Crippen LogP contribution in [0, 0.1) is 0 Å². The van der Waals surface area contributed by atoms with E-state index in [9.17, 15) is 9.59 Å². The number of amides is 2. The van der Waals surface area contributed by atoms with Gasteiger partial charge in [-0.1, -0.05) is 23.7 Å². The van der Waals surface area contributed by atoms with Crippen LogP contribution in [0.25, 0.3) is 10.9 Å². The molecule has 0 spiro atoms. The number of carbonyl (C=O) groups excluding carboxylic acids is 2. The van der Waals surface area contributed by atoms with Crippen molar-refractivity contribution < 1.29 is 19.1 Å². The average molecular weight is 470 g/mol. The quantitative estimate of drug-likeness (QED) is 0.564. The largest absolute Gasteiger partial charge is 0.484 e. The maximum atomic E-state index is 13.2. The molecular formula is C23H24ClN5O4. The molecule has 0 bridgehead atoms. The van der Waals surface area contributed by atoms with Crippen LogP contribution in [-0.2, 0) is 20.9 Å². The summed E-state index contributed by atoms with van der Waals surface area (Å²) >= 11 is 5.96. The number of anilines is 1. The highest BCUT2D eigenvalue weighted by Crippen LogP contribution is 2.21. The van der Waals surface area contributed by atoms with Crippen LogP contribution in [0.2, 0.25) is 5.02 Å². The molecule has 1 atom stereocenters. The van der Waals surface area contributed by atoms with E-state index in [2.05, 4.69) is 9.97 Å². The third kappa shape index (κ3) is 5.15. The van der Waals surface area contributed by atoms with Gasteiger partial charge >= 0.3 is 0 Å². The van der Waals surface area contributed by atoms with Crippen molar-refractivity contribution in [1.82, 2.24) is 19.8 Å². The van der Waals surface area contributed by atoms with Crippen molar-refractivity contribution in [2.24, 2.45) is 0 Å². The van der Waals surface area contributed by atoms with Gasteiger partial charge in [-0.2, -0.15) is 0 Å². The van der Waals surface area contributed by atoms with Gasteiger partial charge in [-0.25, -0.2) is 9.97 Å². The van der Waals surface area contributed by atoms with E-state index < -0.39 is 6.04 Å². The minimum atomic E-state index is -0.724. The maximum Gasteiger partial charge on any atom is 0.261 e. The number of ether oxygens (including phenoxy) is 2. The topological polar surface area (TPSA) is 111 Å². The first-order valence-corrected chi connectivity index (χ1v) is 10.8. The molecule has 0 aliphatic carbocycles. The number of hydrogen-bond acceptors (Lipinski definition) is 7. The summed E-state index contributed by atoms with van der Waals surface area (Å²) in [6.07, 6.45) is 1.41. The molecule has 10 heteroatoms. The Hall–Kier alpha value is -3.43. The molecule has 2 aromatic carbocycles. The highest BCUT2D eigenvalue weighted by molar-refractivity contribution is 6.30. The van der Waals surface area contributed by atoms with Crippen LogP contribution in [0.1, 0.15) is 5.56 Å². The Labute approximate surface area is 196 Å². The van der Waals surface area contributed by atoms with Gasteiger partial charge in [-0.15, -0.1) is 0 Å². The summed E-state index contributed by atoms with van der Waals surface area (Å²) < 4.78 is 10.8. The van der Waals surface area contributed by atoms with E-state index in [1.54, 1.807) is 29.2 Å². The van der Waals surface area contributed by atoms with Gasteiger partial charge in [0.1, 0.15) is 23.9 Å². The molecule has 1 aliphatic rings. The van der Waals surface area contributed by atoms with Gasteiger partial charge in [-0.3, -0.25) is 9.59 Å². The maximum absolute atomic E-state index is 13.2. The first kappa shape index (κ1) is 22.8. The molecule has 2 N–H and O–H groups in total. The first-order chi connectivity index (χ1) is 16.0. The molecule has 1 saturated heterocycles. The molecule has 1 fully saturated rings. The predicted octanol–water partition coefficient (Wildman–Crippen LogP) is 2.13. The molecule has 2 amide bonds. The van der Waals surface area contributed by atoms with Crippen molar-refractivity contribution in [1.29, 1.82) is 0 Å². The van der Waals surface area contributed by atoms with Gasteiger partial charge in [0.25, 0.3) is 5.91 Å². The number of piperazine rings is 1. The smallest absolute Gasteiger partial charge is 0.261 e. The molecule has 4 rings (SSSR count). The minimum Gasteiger partial charge on any atom is -0.484 e. The van der Waals surface area contributed by atoms with E-state index in [1.165, 1.54) is 18.3 Å². The van der Waals surface area contributed by atoms with E-state index >= 15 is 0 Å². The van der Waals surface area contributed by atoms with E-state index in [4.69, 9.17) is 26.8 Å². The van der Waals surface area contributed by atoms with Gasteiger partial charge in [0.05, 0.1) is 12.1 Å². The summed E-state index contributed by atoms with van der Waals surface area (Å²) in [5, 5.41) is 1.28. The summed E-state index contributed by atoms with van der Waals surface area (Å²) in [4.78, 5) is 37.5. The molecule has 1 unspecified atom stereocenters. The monoisotopic (exact) mass is 469 g/mol. The Morgan fingerprint density at radius 1 is 1.21 bits per heavy atom. The molecule has 1 aromatic heterocycles. The molecule has 3 aromatic rings. The number of benzene rings is 2. The zero-order chi connectivity index (χ0) is 23.4. The van der Waals surface area contributed by atoms with Crippen LogP contribution in [0.5, 0.6) is 5.75 Å². The van der Waals surface area contributed by atoms with Crippen molar-refractivity contribution in [2.75, 3.05) is 39.1 Å². The fraction of sp³-hybridized carbons (Fsp3) is 0.304. The Bertz CT molecular complexity index is 1170. The Morgan fingerprint density at radius 3 is 2.85 bits per heavy atom. The number of aromatic nitrogens is 2. The highest BCUT2D eigenvalue weighted by atomic mass is 35.5. The van der Waals surface area contributed by atoms with Gasteiger partial charge in [0, 0.05) is 37.2 Å². The van der Waals surface area contributed by atoms with Gasteiger partial charge in [0.15, 0.2) is 6.61 Å². The molecule has 9 nitrogen and oxygen atoms in total. The minimum absolute atomic E-state index is 0.0969. The van der Waals surface area contributed by atoms with Crippen molar-refractivity contribution in [3.05, 3.63) is 59.4 Å². The normalized spacial score (nSPS) is 16.3. The Balaban J connectivity index is 1.44. The number of nitrogens with zero attached hydrogens (tertiary/aromatic N) is 4. The van der Waals surface area contributed by atoms with Gasteiger partial charge in [0.2, 0.25) is 5.91 Å². The first-order valence-electron chi connectivity index (χ1n) is 10.4. The number of nitrogens with two attached hydrogens (primary N) is 1. The number of methoxy groups -OCH3 is 1. The molecule has 0 saturated carbocycles. The number of halogens is 1. The zero-order valence-electron chi connectivity index (χ0n) is 18.1. The third-order valence-corrected chi connectivity index (χ3v) is 5.73. The summed E-state index contributed by atoms with van der Waals surface area (Å²) in [6, 6.07) is 11.7. The fourth-order valence-electron chi connectivity index (χ4n) is 3.84. The van der Waals surface area contributed by atoms with E-state index in [-0.39, 0.29) is 25.0 Å². The van der Waals surface area contributed by atoms with Crippen LogP contribution in [0.15, 0.2) is 48.8 Å². The molecule has 33 heavy (non-hydrogen) atoms. The lowest BCUT2D eigenvalue weighted by Gasteiger charge is -2.40. The van der Waals surface area contributed by atoms with E-state index in [0.717, 1.165) is 10.9 Å². The van der Waals surface area contributed by atoms with Crippen LogP contribution in [-0.4, -0.2) is 71.0 Å². The Morgan fingerprint density at radius 2 is 2.06 bits per heavy atom. The lowest BCUT2D eigenvalue weighted by molar-refractivity contribution is -0.155. The molecule has 1 aliphatic heterocycles. The number of carbonyl (C=O) groups is 2. The predicted molar refractivity (Wildman–Crippen MR) is 124 cm³/mol. The zero-order valence-corrected chi connectivity index (χ0v) is 18.9. The van der Waals surface area contributed by atoms with E-state index in [0.29, 0.717) is 41.7 Å². The second-order valence-electron chi connectivity index (χ2n) is 7.67. The summed E-state index contributed by atoms with van der Waals surface area (Å²) in [5.41, 5.74) is 7.52. The molecular weight excluding hydrogens is 446 g/mol. The van der Waals surface area contributed by atoms with Crippen LogP contribution in [0.4, 0.5) is 5.82 Å². The van der Waals surface area contributed by atoms with E-state index in [1.807, 2.05) is 18.2 Å². The number of fused-ring (bicyclic) bond motifs is 1. The van der Waals surface area contributed by atoms with Gasteiger partial charge in [-0.05, 0) is 35.9 Å². The van der Waals surface area contributed by atoms with Gasteiger partial charge < -0.3 is 25.0 Å². The molecule has 2 heterocycles. The van der Waals surface area contributed by atoms with Crippen molar-refractivity contribution in [3.8, 4) is 5.75 Å². The summed E-state index contributed by atoms with van der Waals surface area (Å²) in [6.45, 7) is 1.06. The second kappa shape index (κ2) is 10.0. The second-order valence-corrected chi connectivity index (χ2v) is 8.11. The number of nitrogen functional groups attached to an aromatic ring is 1. The third-order valence-electron chi connectivity index (χ3n) is 5.49. The fourth-order valence-corrected chi connectivity index (χ4v) is 4.02. The SMILES string of the molecule is COCC1C(=O)N(Cc2ccc3c(N)ncnc3c2)CCN1C(=O)COc1cccc(Cl)c1. The van der Waals surface area contributed by atoms with Crippen LogP contribution in [0.3, 0.4) is 0 Å². The molecule has 172 valence electrons. The average Bonchev–Trinajstić information content (AvgIpc) is 2.80. The summed E-state index contributed by atoms with van der Waals surface area (Å²) in [5.74, 6) is 0.434. The highest BCUT2D eigenvalue weighted by Gasteiger charge is 2.37. The van der Waals surface area contributed by atoms with Crippen molar-refractivity contribution in [2.45, 2.75) is 12.6 Å². The number of hydrogen-bond donors (Lipinski definition) is 1.